The van der Waals surface area contributed by atoms with Gasteiger partial charge in [-0.3, -0.25) is 0 Å². The molecule has 0 bridgehead atoms. The van der Waals surface area contributed by atoms with Crippen LogP contribution in [0.4, 0.5) is 0 Å². The van der Waals surface area contributed by atoms with E-state index in [0.717, 1.165) is 0 Å². The molecule has 0 radical (unpaired) electrons. The van der Waals surface area contributed by atoms with Crippen molar-refractivity contribution in [2.75, 3.05) is 0 Å². The van der Waals surface area contributed by atoms with Crippen LogP contribution in [0.5, 0.6) is 0 Å². The molecule has 0 unspecified atom stereocenters. The predicted octanol–water partition coefficient (Wildman–Crippen LogP) is 16.0. The van der Waals surface area contributed by atoms with Gasteiger partial charge in [-0.1, -0.05) is 164 Å². The second kappa shape index (κ2) is 11.6. The highest BCUT2D eigenvalue weighted by atomic mass is 32.1. The van der Waals surface area contributed by atoms with E-state index in [4.69, 9.17) is 0 Å². The molecule has 0 aliphatic carbocycles. The standard InChI is InChI=1S/C52H30S2/c1-2-12-31(13-3-1)48-38-17-6-8-19-40(38)50(41-20-9-7-18-39(41)48)42-28-27-34(35-14-4-5-15-36(35)42)33-23-26-44-47(30-33)53-46-29-24-32-22-25-43-37-16-10-11-21-45(37)54-52(43)49(32)51(44)46/h1-30H. The molecule has 0 atom stereocenters. The Labute approximate surface area is 319 Å². The smallest absolute Gasteiger partial charge is 0.0440 e. The van der Waals surface area contributed by atoms with E-state index in [0.29, 0.717) is 0 Å². The van der Waals surface area contributed by atoms with E-state index in [1.807, 2.05) is 22.7 Å². The number of hydrogen-bond acceptors (Lipinski definition) is 2. The summed E-state index contributed by atoms with van der Waals surface area (Å²) in [7, 11) is 0. The monoisotopic (exact) mass is 718 g/mol. The van der Waals surface area contributed by atoms with Gasteiger partial charge in [-0.15, -0.1) is 22.7 Å². The maximum atomic E-state index is 2.43. The van der Waals surface area contributed by atoms with Gasteiger partial charge >= 0.3 is 0 Å². The summed E-state index contributed by atoms with van der Waals surface area (Å²) in [4.78, 5) is 0. The molecule has 0 saturated carbocycles. The van der Waals surface area contributed by atoms with Crippen molar-refractivity contribution in [1.29, 1.82) is 0 Å². The number of benzene rings is 10. The zero-order valence-corrected chi connectivity index (χ0v) is 30.8. The Hall–Kier alpha value is -6.32. The lowest BCUT2D eigenvalue weighted by molar-refractivity contribution is 1.66. The fraction of sp³-hybridized carbons (Fsp3) is 0. The molecule has 0 N–H and O–H groups in total. The molecule has 250 valence electrons. The summed E-state index contributed by atoms with van der Waals surface area (Å²) in [5.41, 5.74) is 7.62. The van der Waals surface area contributed by atoms with Crippen LogP contribution in [0.25, 0.3) is 117 Å². The van der Waals surface area contributed by atoms with E-state index in [1.165, 1.54) is 117 Å². The molecule has 0 amide bonds. The Morgan fingerprint density at radius 2 is 0.852 bits per heavy atom. The van der Waals surface area contributed by atoms with Crippen LogP contribution in [0.1, 0.15) is 0 Å². The summed E-state index contributed by atoms with van der Waals surface area (Å²) < 4.78 is 5.41. The summed E-state index contributed by atoms with van der Waals surface area (Å²) in [6.45, 7) is 0. The lowest BCUT2D eigenvalue weighted by Gasteiger charge is -2.19. The average molecular weight is 719 g/mol. The minimum absolute atomic E-state index is 1.24. The molecule has 10 aromatic carbocycles. The lowest BCUT2D eigenvalue weighted by Crippen LogP contribution is -1.92. The highest BCUT2D eigenvalue weighted by Crippen LogP contribution is 2.48. The third kappa shape index (κ3) is 4.30. The molecule has 0 aliphatic heterocycles. The molecule has 0 nitrogen and oxygen atoms in total. The van der Waals surface area contributed by atoms with E-state index in [2.05, 4.69) is 182 Å². The molecule has 12 rings (SSSR count). The van der Waals surface area contributed by atoms with Gasteiger partial charge in [0.2, 0.25) is 0 Å². The molecule has 0 spiro atoms. The van der Waals surface area contributed by atoms with Gasteiger partial charge in [0.15, 0.2) is 0 Å². The van der Waals surface area contributed by atoms with Crippen molar-refractivity contribution in [3.05, 3.63) is 182 Å². The summed E-state index contributed by atoms with van der Waals surface area (Å²) >= 11 is 3.84. The predicted molar refractivity (Wildman–Crippen MR) is 239 cm³/mol. The third-order valence-electron chi connectivity index (χ3n) is 11.5. The van der Waals surface area contributed by atoms with Crippen molar-refractivity contribution < 1.29 is 0 Å². The second-order valence-corrected chi connectivity index (χ2v) is 16.4. The molecule has 2 heteroatoms. The van der Waals surface area contributed by atoms with Gasteiger partial charge in [0.1, 0.15) is 0 Å². The van der Waals surface area contributed by atoms with Crippen LogP contribution in [0.2, 0.25) is 0 Å². The van der Waals surface area contributed by atoms with Crippen molar-refractivity contribution in [2.45, 2.75) is 0 Å². The first kappa shape index (κ1) is 30.2. The van der Waals surface area contributed by atoms with E-state index in [1.54, 1.807) is 0 Å². The molecule has 54 heavy (non-hydrogen) atoms. The fourth-order valence-electron chi connectivity index (χ4n) is 9.13. The van der Waals surface area contributed by atoms with Crippen LogP contribution in [0.3, 0.4) is 0 Å². The Bertz CT molecular complexity index is 3430. The van der Waals surface area contributed by atoms with E-state index in [9.17, 15) is 0 Å². The quantitative estimate of drug-likeness (QED) is 0.160. The number of fused-ring (bicyclic) bond motifs is 12. The third-order valence-corrected chi connectivity index (χ3v) is 13.8. The Kier molecular flexibility index (Phi) is 6.48. The van der Waals surface area contributed by atoms with Crippen LogP contribution in [-0.2, 0) is 0 Å². The normalized spacial score (nSPS) is 12.1. The van der Waals surface area contributed by atoms with Gasteiger partial charge < -0.3 is 0 Å². The van der Waals surface area contributed by atoms with Crippen molar-refractivity contribution in [3.8, 4) is 33.4 Å². The molecule has 2 heterocycles. The zero-order valence-electron chi connectivity index (χ0n) is 29.1. The molecular weight excluding hydrogens is 689 g/mol. The van der Waals surface area contributed by atoms with Crippen LogP contribution in [0.15, 0.2) is 182 Å². The van der Waals surface area contributed by atoms with Crippen LogP contribution < -0.4 is 0 Å². The molecule has 12 aromatic rings. The van der Waals surface area contributed by atoms with Crippen LogP contribution in [-0.4, -0.2) is 0 Å². The summed E-state index contributed by atoms with van der Waals surface area (Å²) in [5.74, 6) is 0. The zero-order chi connectivity index (χ0) is 35.3. The van der Waals surface area contributed by atoms with E-state index >= 15 is 0 Å². The van der Waals surface area contributed by atoms with Gasteiger partial charge in [-0.05, 0) is 89.3 Å². The van der Waals surface area contributed by atoms with E-state index < -0.39 is 0 Å². The summed E-state index contributed by atoms with van der Waals surface area (Å²) in [5, 5.41) is 15.8. The first-order chi connectivity index (χ1) is 26.8. The maximum absolute atomic E-state index is 2.43. The largest absolute Gasteiger partial charge is 0.135 e. The van der Waals surface area contributed by atoms with Crippen molar-refractivity contribution >= 4 is 106 Å². The Balaban J connectivity index is 1.08. The van der Waals surface area contributed by atoms with Gasteiger partial charge in [0, 0.05) is 45.7 Å². The maximum Gasteiger partial charge on any atom is 0.0440 e. The minimum Gasteiger partial charge on any atom is -0.135 e. The fourth-order valence-corrected chi connectivity index (χ4v) is 11.5. The number of thiophene rings is 2. The summed E-state index contributed by atoms with van der Waals surface area (Å²) in [6, 6.07) is 67.7. The van der Waals surface area contributed by atoms with E-state index in [-0.39, 0.29) is 0 Å². The first-order valence-corrected chi connectivity index (χ1v) is 20.1. The average Bonchev–Trinajstić information content (AvgIpc) is 3.81. The number of rotatable bonds is 3. The topological polar surface area (TPSA) is 0 Å². The second-order valence-electron chi connectivity index (χ2n) is 14.3. The molecular formula is C52H30S2. The van der Waals surface area contributed by atoms with Crippen molar-refractivity contribution in [3.63, 3.8) is 0 Å². The highest BCUT2D eigenvalue weighted by Gasteiger charge is 2.20. The number of hydrogen-bond donors (Lipinski definition) is 0. The minimum atomic E-state index is 1.24. The Morgan fingerprint density at radius 1 is 0.278 bits per heavy atom. The van der Waals surface area contributed by atoms with Crippen molar-refractivity contribution in [1.82, 2.24) is 0 Å². The lowest BCUT2D eigenvalue weighted by atomic mass is 9.84. The molecule has 2 aromatic heterocycles. The first-order valence-electron chi connectivity index (χ1n) is 18.5. The Morgan fingerprint density at radius 3 is 1.59 bits per heavy atom. The van der Waals surface area contributed by atoms with Crippen molar-refractivity contribution in [2.24, 2.45) is 0 Å². The van der Waals surface area contributed by atoms with Gasteiger partial charge in [0.25, 0.3) is 0 Å². The SMILES string of the molecule is c1ccc(-c2c3ccccc3c(-c3ccc(-c4ccc5c(c4)sc4ccc6ccc7c8ccccc8sc7c6c45)c4ccccc34)c3ccccc23)cc1. The molecule has 0 saturated heterocycles. The highest BCUT2D eigenvalue weighted by molar-refractivity contribution is 7.28. The van der Waals surface area contributed by atoms with Gasteiger partial charge in [-0.25, -0.2) is 0 Å². The molecule has 0 fully saturated rings. The van der Waals surface area contributed by atoms with Crippen LogP contribution in [0, 0.1) is 0 Å². The molecule has 0 aliphatic rings. The van der Waals surface area contributed by atoms with Gasteiger partial charge in [-0.2, -0.15) is 0 Å². The summed E-state index contributed by atoms with van der Waals surface area (Å²) in [6.07, 6.45) is 0. The van der Waals surface area contributed by atoms with Gasteiger partial charge in [0.05, 0.1) is 0 Å². The van der Waals surface area contributed by atoms with Crippen LogP contribution >= 0.6 is 22.7 Å².